The molecule has 0 aliphatic rings. The molecule has 2 aromatic carbocycles. The van der Waals surface area contributed by atoms with Crippen LogP contribution in [0.3, 0.4) is 0 Å². The van der Waals surface area contributed by atoms with E-state index in [1.807, 2.05) is 78.2 Å². The number of anilines is 1. The van der Waals surface area contributed by atoms with Crippen molar-refractivity contribution in [2.45, 2.75) is 13.5 Å². The van der Waals surface area contributed by atoms with Crippen LogP contribution in [0, 0.1) is 6.92 Å². The Bertz CT molecular complexity index is 1220. The Kier molecular flexibility index (Phi) is 5.52. The van der Waals surface area contributed by atoms with Gasteiger partial charge in [-0.05, 0) is 36.8 Å². The van der Waals surface area contributed by atoms with Crippen LogP contribution >= 0.6 is 0 Å². The van der Waals surface area contributed by atoms with Crippen molar-refractivity contribution in [2.24, 2.45) is 0 Å². The van der Waals surface area contributed by atoms with Gasteiger partial charge in [-0.3, -0.25) is 14.6 Å². The monoisotopic (exact) mass is 395 g/mol. The Hall–Kier alpha value is -3.99. The lowest BCUT2D eigenvalue weighted by molar-refractivity contribution is 0.102. The Morgan fingerprint density at radius 2 is 1.60 bits per heavy atom. The van der Waals surface area contributed by atoms with Crippen molar-refractivity contribution in [1.29, 1.82) is 0 Å². The van der Waals surface area contributed by atoms with Crippen molar-refractivity contribution < 1.29 is 4.79 Å². The zero-order chi connectivity index (χ0) is 20.9. The number of nitrogens with zero attached hydrogens (tertiary/aromatic N) is 2. The van der Waals surface area contributed by atoms with Gasteiger partial charge in [-0.2, -0.15) is 0 Å². The summed E-state index contributed by atoms with van der Waals surface area (Å²) >= 11 is 0. The Labute approximate surface area is 174 Å². The molecule has 0 fully saturated rings. The number of rotatable bonds is 5. The number of carbonyl (C=O) groups is 1. The molecule has 5 nitrogen and oxygen atoms in total. The predicted molar refractivity (Wildman–Crippen MR) is 119 cm³/mol. The summed E-state index contributed by atoms with van der Waals surface area (Å²) < 4.78 is 1.97. The molecule has 1 N–H and O–H groups in total. The highest BCUT2D eigenvalue weighted by Crippen LogP contribution is 2.24. The van der Waals surface area contributed by atoms with Crippen molar-refractivity contribution in [2.75, 3.05) is 5.32 Å². The third-order valence-corrected chi connectivity index (χ3v) is 4.87. The van der Waals surface area contributed by atoms with E-state index in [0.717, 1.165) is 11.3 Å². The molecule has 4 rings (SSSR count). The maximum Gasteiger partial charge on any atom is 0.261 e. The molecule has 2 heterocycles. The van der Waals surface area contributed by atoms with E-state index in [-0.39, 0.29) is 11.0 Å². The number of pyridine rings is 2. The number of aryl methyl sites for hydroxylation is 1. The summed E-state index contributed by atoms with van der Waals surface area (Å²) in [5.41, 5.74) is 3.30. The fraction of sp³-hybridized carbons (Fsp3) is 0.0800. The molecule has 0 atom stereocenters. The van der Waals surface area contributed by atoms with E-state index in [4.69, 9.17) is 0 Å². The van der Waals surface area contributed by atoms with E-state index in [1.165, 1.54) is 6.07 Å². The van der Waals surface area contributed by atoms with Crippen LogP contribution in [0.25, 0.3) is 11.4 Å². The second kappa shape index (κ2) is 8.57. The smallest absolute Gasteiger partial charge is 0.261 e. The summed E-state index contributed by atoms with van der Waals surface area (Å²) in [6.07, 6.45) is 1.66. The van der Waals surface area contributed by atoms with E-state index >= 15 is 0 Å². The molecule has 0 unspecified atom stereocenters. The molecule has 148 valence electrons. The molecule has 0 aliphatic carbocycles. The van der Waals surface area contributed by atoms with Crippen molar-refractivity contribution >= 4 is 11.6 Å². The van der Waals surface area contributed by atoms with Crippen molar-refractivity contribution in [3.63, 3.8) is 0 Å². The average molecular weight is 395 g/mol. The molecule has 30 heavy (non-hydrogen) atoms. The third-order valence-electron chi connectivity index (χ3n) is 4.87. The molecule has 1 amide bonds. The van der Waals surface area contributed by atoms with Gasteiger partial charge in [-0.15, -0.1) is 0 Å². The molecule has 0 bridgehead atoms. The molecule has 0 aliphatic heterocycles. The number of nitrogens with one attached hydrogen (secondary N) is 1. The van der Waals surface area contributed by atoms with Crippen molar-refractivity contribution in [3.8, 4) is 11.4 Å². The fourth-order valence-corrected chi connectivity index (χ4v) is 3.44. The summed E-state index contributed by atoms with van der Waals surface area (Å²) in [5, 5.41) is 2.84. The molecule has 5 heteroatoms. The van der Waals surface area contributed by atoms with E-state index < -0.39 is 5.91 Å². The maximum atomic E-state index is 13.2. The van der Waals surface area contributed by atoms with Crippen LogP contribution in [0.2, 0.25) is 0 Å². The topological polar surface area (TPSA) is 64.0 Å². The molecule has 2 aromatic heterocycles. The first kappa shape index (κ1) is 19.3. The van der Waals surface area contributed by atoms with Gasteiger partial charge in [0.05, 0.1) is 11.4 Å². The summed E-state index contributed by atoms with van der Waals surface area (Å²) in [4.78, 5) is 30.6. The SMILES string of the molecule is Cc1cc(=O)c(C(=O)Nc2ccccc2)c(-c2ccccn2)n1Cc1ccccc1. The maximum absolute atomic E-state index is 13.2. The molecular weight excluding hydrogens is 374 g/mol. The van der Waals surface area contributed by atoms with Crippen LogP contribution in [0.15, 0.2) is 95.9 Å². The summed E-state index contributed by atoms with van der Waals surface area (Å²) in [7, 11) is 0. The Morgan fingerprint density at radius 1 is 0.933 bits per heavy atom. The van der Waals surface area contributed by atoms with Crippen LogP contribution in [-0.2, 0) is 6.54 Å². The molecule has 0 spiro atoms. The first-order chi connectivity index (χ1) is 14.6. The number of benzene rings is 2. The lowest BCUT2D eigenvalue weighted by atomic mass is 10.1. The van der Waals surface area contributed by atoms with Gasteiger partial charge in [0.15, 0.2) is 5.43 Å². The number of hydrogen-bond donors (Lipinski definition) is 1. The first-order valence-electron chi connectivity index (χ1n) is 9.69. The molecular formula is C25H21N3O2. The van der Waals surface area contributed by atoms with Gasteiger partial charge in [-0.25, -0.2) is 0 Å². The van der Waals surface area contributed by atoms with Crippen LogP contribution in [-0.4, -0.2) is 15.5 Å². The number of amides is 1. The van der Waals surface area contributed by atoms with Gasteiger partial charge >= 0.3 is 0 Å². The van der Waals surface area contributed by atoms with E-state index in [0.29, 0.717) is 23.6 Å². The summed E-state index contributed by atoms with van der Waals surface area (Å²) in [5.74, 6) is -0.450. The fourth-order valence-electron chi connectivity index (χ4n) is 3.44. The van der Waals surface area contributed by atoms with Gasteiger partial charge in [0.2, 0.25) is 0 Å². The van der Waals surface area contributed by atoms with Gasteiger partial charge in [0.25, 0.3) is 5.91 Å². The number of aromatic nitrogens is 2. The number of hydrogen-bond acceptors (Lipinski definition) is 3. The van der Waals surface area contributed by atoms with Crippen LogP contribution in [0.5, 0.6) is 0 Å². The molecule has 0 saturated carbocycles. The highest BCUT2D eigenvalue weighted by atomic mass is 16.2. The van der Waals surface area contributed by atoms with Gasteiger partial charge in [0.1, 0.15) is 5.56 Å². The predicted octanol–water partition coefficient (Wildman–Crippen LogP) is 4.52. The minimum absolute atomic E-state index is 0.0825. The minimum Gasteiger partial charge on any atom is -0.338 e. The first-order valence-corrected chi connectivity index (χ1v) is 9.69. The zero-order valence-corrected chi connectivity index (χ0v) is 16.6. The number of para-hydroxylation sites is 1. The van der Waals surface area contributed by atoms with Gasteiger partial charge in [-0.1, -0.05) is 54.6 Å². The number of carbonyl (C=O) groups excluding carboxylic acids is 1. The van der Waals surface area contributed by atoms with Gasteiger partial charge in [0, 0.05) is 30.2 Å². The second-order valence-corrected chi connectivity index (χ2v) is 6.98. The zero-order valence-electron chi connectivity index (χ0n) is 16.6. The highest BCUT2D eigenvalue weighted by molar-refractivity contribution is 6.07. The summed E-state index contributed by atoms with van der Waals surface area (Å²) in [6, 6.07) is 26.0. The van der Waals surface area contributed by atoms with Crippen molar-refractivity contribution in [1.82, 2.24) is 9.55 Å². The van der Waals surface area contributed by atoms with Crippen LogP contribution in [0.4, 0.5) is 5.69 Å². The largest absolute Gasteiger partial charge is 0.338 e. The van der Waals surface area contributed by atoms with Gasteiger partial charge < -0.3 is 9.88 Å². The quantitative estimate of drug-likeness (QED) is 0.540. The van der Waals surface area contributed by atoms with Crippen LogP contribution < -0.4 is 10.7 Å². The van der Waals surface area contributed by atoms with E-state index in [2.05, 4.69) is 10.3 Å². The van der Waals surface area contributed by atoms with Crippen LogP contribution in [0.1, 0.15) is 21.6 Å². The van der Waals surface area contributed by atoms with Crippen molar-refractivity contribution in [3.05, 3.63) is 118 Å². The third kappa shape index (κ3) is 4.05. The van der Waals surface area contributed by atoms with E-state index in [9.17, 15) is 9.59 Å². The standard InChI is InChI=1S/C25H21N3O2/c1-18-16-22(29)23(25(30)27-20-12-6-3-7-13-20)24(21-14-8-9-15-26-21)28(18)17-19-10-4-2-5-11-19/h2-16H,17H2,1H3,(H,27,30). The molecule has 0 radical (unpaired) electrons. The highest BCUT2D eigenvalue weighted by Gasteiger charge is 2.22. The lowest BCUT2D eigenvalue weighted by Crippen LogP contribution is -2.27. The average Bonchev–Trinajstić information content (AvgIpc) is 2.77. The molecule has 4 aromatic rings. The molecule has 0 saturated heterocycles. The summed E-state index contributed by atoms with van der Waals surface area (Å²) in [6.45, 7) is 2.39. The Balaban J connectivity index is 1.89. The second-order valence-electron chi connectivity index (χ2n) is 6.98. The minimum atomic E-state index is -0.450. The lowest BCUT2D eigenvalue weighted by Gasteiger charge is -2.20. The Morgan fingerprint density at radius 3 is 2.27 bits per heavy atom. The van der Waals surface area contributed by atoms with E-state index in [1.54, 1.807) is 18.3 Å². The normalized spacial score (nSPS) is 10.6.